The quantitative estimate of drug-likeness (QED) is 0.796. The highest BCUT2D eigenvalue weighted by Crippen LogP contribution is 2.16. The normalized spacial score (nSPS) is 12.4. The number of hydrogen-bond acceptors (Lipinski definition) is 3. The van der Waals surface area contributed by atoms with Crippen molar-refractivity contribution in [3.05, 3.63) is 21.9 Å². The van der Waals surface area contributed by atoms with E-state index in [0.29, 0.717) is 6.54 Å². The molecule has 2 N–H and O–H groups in total. The summed E-state index contributed by atoms with van der Waals surface area (Å²) in [6, 6.07) is 4.22. The molecule has 90 valence electrons. The third-order valence-corrected chi connectivity index (χ3v) is 3.69. The maximum atomic E-state index is 11.6. The minimum atomic E-state index is 0.0237. The maximum absolute atomic E-state index is 11.6. The van der Waals surface area contributed by atoms with Gasteiger partial charge in [-0.2, -0.15) is 0 Å². The summed E-state index contributed by atoms with van der Waals surface area (Å²) in [4.78, 5) is 14.2. The predicted molar refractivity (Wildman–Crippen MR) is 68.6 cm³/mol. The van der Waals surface area contributed by atoms with Gasteiger partial charge in [0.1, 0.15) is 0 Å². The molecule has 0 radical (unpaired) electrons. The Morgan fingerprint density at radius 3 is 2.69 bits per heavy atom. The number of amides is 1. The van der Waals surface area contributed by atoms with Crippen LogP contribution >= 0.6 is 11.3 Å². The first kappa shape index (κ1) is 13.2. The van der Waals surface area contributed by atoms with Crippen LogP contribution in [0.15, 0.2) is 12.1 Å². The van der Waals surface area contributed by atoms with E-state index in [4.69, 9.17) is 0 Å². The van der Waals surface area contributed by atoms with Crippen LogP contribution in [0.25, 0.3) is 0 Å². The average Bonchev–Trinajstić information content (AvgIpc) is 2.74. The molecular weight excluding hydrogens is 220 g/mol. The summed E-state index contributed by atoms with van der Waals surface area (Å²) in [5.41, 5.74) is 0. The lowest BCUT2D eigenvalue weighted by Crippen LogP contribution is -2.33. The molecular formula is C12H20N2OS. The second-order valence-electron chi connectivity index (χ2n) is 3.90. The van der Waals surface area contributed by atoms with Crippen molar-refractivity contribution < 1.29 is 4.79 Å². The van der Waals surface area contributed by atoms with Gasteiger partial charge >= 0.3 is 0 Å². The molecule has 16 heavy (non-hydrogen) atoms. The fourth-order valence-corrected chi connectivity index (χ4v) is 2.35. The van der Waals surface area contributed by atoms with E-state index >= 15 is 0 Å². The minimum absolute atomic E-state index is 0.0237. The Balaban J connectivity index is 2.36. The van der Waals surface area contributed by atoms with Gasteiger partial charge in [-0.15, -0.1) is 11.3 Å². The van der Waals surface area contributed by atoms with Crippen LogP contribution in [-0.2, 0) is 17.8 Å². The maximum Gasteiger partial charge on any atom is 0.224 e. The van der Waals surface area contributed by atoms with Gasteiger partial charge in [-0.1, -0.05) is 13.8 Å². The number of hydrogen-bond donors (Lipinski definition) is 2. The van der Waals surface area contributed by atoms with Crippen molar-refractivity contribution in [2.45, 2.75) is 26.8 Å². The van der Waals surface area contributed by atoms with E-state index in [1.54, 1.807) is 11.3 Å². The van der Waals surface area contributed by atoms with Crippen LogP contribution in [0.2, 0.25) is 0 Å². The summed E-state index contributed by atoms with van der Waals surface area (Å²) >= 11 is 1.77. The topological polar surface area (TPSA) is 41.1 Å². The molecule has 1 aromatic rings. The number of nitrogens with one attached hydrogen (secondary N) is 2. The summed E-state index contributed by atoms with van der Waals surface area (Å²) in [5.74, 6) is 0.136. The van der Waals surface area contributed by atoms with Crippen molar-refractivity contribution in [2.24, 2.45) is 5.92 Å². The monoisotopic (exact) mass is 240 g/mol. The molecule has 1 unspecified atom stereocenters. The zero-order valence-corrected chi connectivity index (χ0v) is 11.0. The van der Waals surface area contributed by atoms with E-state index in [1.807, 2.05) is 14.0 Å². The Labute approximate surface area is 101 Å². The molecule has 0 spiro atoms. The molecule has 0 aromatic carbocycles. The summed E-state index contributed by atoms with van der Waals surface area (Å²) < 4.78 is 0. The molecule has 0 fully saturated rings. The van der Waals surface area contributed by atoms with Crippen LogP contribution in [0.3, 0.4) is 0 Å². The third-order valence-electron chi connectivity index (χ3n) is 2.46. The van der Waals surface area contributed by atoms with E-state index in [9.17, 15) is 4.79 Å². The van der Waals surface area contributed by atoms with Crippen molar-refractivity contribution >= 4 is 17.2 Å². The predicted octanol–water partition coefficient (Wildman–Crippen LogP) is 1.78. The number of carbonyl (C=O) groups excluding carboxylic acids is 1. The molecule has 0 bridgehead atoms. The molecule has 0 saturated carbocycles. The lowest BCUT2D eigenvalue weighted by atomic mass is 10.1. The number of carbonyl (C=O) groups is 1. The first-order chi connectivity index (χ1) is 7.67. The number of aryl methyl sites for hydroxylation is 1. The summed E-state index contributed by atoms with van der Waals surface area (Å²) in [6.07, 6.45) is 1.06. The summed E-state index contributed by atoms with van der Waals surface area (Å²) in [5, 5.41) is 5.95. The molecule has 3 nitrogen and oxygen atoms in total. The first-order valence-electron chi connectivity index (χ1n) is 5.67. The van der Waals surface area contributed by atoms with Crippen molar-refractivity contribution in [2.75, 3.05) is 13.6 Å². The number of thiophene rings is 1. The zero-order chi connectivity index (χ0) is 12.0. The zero-order valence-electron chi connectivity index (χ0n) is 10.2. The SMILES string of the molecule is CCc1ccc(CNC(=O)C(C)CNC)s1. The Bertz CT molecular complexity index is 336. The van der Waals surface area contributed by atoms with Crippen LogP contribution in [0.5, 0.6) is 0 Å². The largest absolute Gasteiger partial charge is 0.351 e. The van der Waals surface area contributed by atoms with Gasteiger partial charge in [-0.25, -0.2) is 0 Å². The molecule has 0 aliphatic rings. The summed E-state index contributed by atoms with van der Waals surface area (Å²) in [6.45, 7) is 5.44. The molecule has 1 aromatic heterocycles. The molecule has 0 saturated heterocycles. The van der Waals surface area contributed by atoms with Crippen LogP contribution in [0, 0.1) is 5.92 Å². The highest BCUT2D eigenvalue weighted by molar-refractivity contribution is 7.11. The third kappa shape index (κ3) is 3.94. The van der Waals surface area contributed by atoms with Gasteiger partial charge in [0.25, 0.3) is 0 Å². The standard InChI is InChI=1S/C12H20N2OS/c1-4-10-5-6-11(16-10)8-14-12(15)9(2)7-13-3/h5-6,9,13H,4,7-8H2,1-3H3,(H,14,15). The second-order valence-corrected chi connectivity index (χ2v) is 5.15. The summed E-state index contributed by atoms with van der Waals surface area (Å²) in [7, 11) is 1.86. The van der Waals surface area contributed by atoms with Crippen LogP contribution in [0.4, 0.5) is 0 Å². The molecule has 1 rings (SSSR count). The van der Waals surface area contributed by atoms with E-state index in [0.717, 1.165) is 13.0 Å². The fourth-order valence-electron chi connectivity index (χ4n) is 1.45. The lowest BCUT2D eigenvalue weighted by molar-refractivity contribution is -0.124. The fraction of sp³-hybridized carbons (Fsp3) is 0.583. The van der Waals surface area contributed by atoms with E-state index < -0.39 is 0 Å². The van der Waals surface area contributed by atoms with Crippen LogP contribution in [-0.4, -0.2) is 19.5 Å². The Morgan fingerprint density at radius 1 is 1.44 bits per heavy atom. The highest BCUT2D eigenvalue weighted by atomic mass is 32.1. The van der Waals surface area contributed by atoms with Crippen molar-refractivity contribution in [3.8, 4) is 0 Å². The number of rotatable bonds is 6. The van der Waals surface area contributed by atoms with Gasteiger partial charge in [0.2, 0.25) is 5.91 Å². The molecule has 0 aliphatic carbocycles. The lowest BCUT2D eigenvalue weighted by Gasteiger charge is -2.10. The van der Waals surface area contributed by atoms with Gasteiger partial charge in [0.05, 0.1) is 6.54 Å². The van der Waals surface area contributed by atoms with Crippen LogP contribution in [0.1, 0.15) is 23.6 Å². The van der Waals surface area contributed by atoms with E-state index in [-0.39, 0.29) is 11.8 Å². The first-order valence-corrected chi connectivity index (χ1v) is 6.49. The van der Waals surface area contributed by atoms with Gasteiger partial charge in [-0.3, -0.25) is 4.79 Å². The Morgan fingerprint density at radius 2 is 2.12 bits per heavy atom. The molecule has 1 atom stereocenters. The van der Waals surface area contributed by atoms with Gasteiger partial charge in [0, 0.05) is 22.2 Å². The molecule has 1 amide bonds. The van der Waals surface area contributed by atoms with Gasteiger partial charge in [-0.05, 0) is 25.6 Å². The van der Waals surface area contributed by atoms with Gasteiger partial charge in [0.15, 0.2) is 0 Å². The Kier molecular flexibility index (Phi) is 5.49. The smallest absolute Gasteiger partial charge is 0.224 e. The second kappa shape index (κ2) is 6.66. The van der Waals surface area contributed by atoms with Crippen LogP contribution < -0.4 is 10.6 Å². The average molecular weight is 240 g/mol. The minimum Gasteiger partial charge on any atom is -0.351 e. The van der Waals surface area contributed by atoms with Crippen molar-refractivity contribution in [3.63, 3.8) is 0 Å². The van der Waals surface area contributed by atoms with Crippen molar-refractivity contribution in [1.82, 2.24) is 10.6 Å². The van der Waals surface area contributed by atoms with Gasteiger partial charge < -0.3 is 10.6 Å². The van der Waals surface area contributed by atoms with E-state index in [2.05, 4.69) is 29.7 Å². The molecule has 0 aliphatic heterocycles. The van der Waals surface area contributed by atoms with Crippen molar-refractivity contribution in [1.29, 1.82) is 0 Å². The van der Waals surface area contributed by atoms with E-state index in [1.165, 1.54) is 9.75 Å². The Hall–Kier alpha value is -0.870. The highest BCUT2D eigenvalue weighted by Gasteiger charge is 2.11. The molecule has 1 heterocycles. The molecule has 4 heteroatoms.